The zero-order chi connectivity index (χ0) is 13.0. The smallest absolute Gasteiger partial charge is 0.323 e. The second-order valence-electron chi connectivity index (χ2n) is 3.51. The predicted octanol–water partition coefficient (Wildman–Crippen LogP) is 0.341. The Bertz CT molecular complexity index is 447. The minimum Gasteiger partial charge on any atom is -0.468 e. The van der Waals surface area contributed by atoms with Crippen LogP contribution in [0.4, 0.5) is 5.69 Å². The SMILES string of the molecule is COC(=O)[C@H](N)Cc1nccc(C)c1[N+](=O)[O-]. The maximum Gasteiger partial charge on any atom is 0.323 e. The van der Waals surface area contributed by atoms with Gasteiger partial charge in [-0.3, -0.25) is 19.9 Å². The Labute approximate surface area is 97.7 Å². The minimum absolute atomic E-state index is 0.0231. The Balaban J connectivity index is 3.02. The van der Waals surface area contributed by atoms with Crippen LogP contribution >= 0.6 is 0 Å². The van der Waals surface area contributed by atoms with Gasteiger partial charge in [-0.05, 0) is 13.0 Å². The van der Waals surface area contributed by atoms with E-state index in [-0.39, 0.29) is 17.8 Å². The Kier molecular flexibility index (Phi) is 4.11. The highest BCUT2D eigenvalue weighted by molar-refractivity contribution is 5.75. The van der Waals surface area contributed by atoms with Crippen LogP contribution in [0.15, 0.2) is 12.3 Å². The van der Waals surface area contributed by atoms with E-state index >= 15 is 0 Å². The van der Waals surface area contributed by atoms with Crippen molar-refractivity contribution in [2.45, 2.75) is 19.4 Å². The third kappa shape index (κ3) is 2.97. The maximum absolute atomic E-state index is 11.1. The molecule has 17 heavy (non-hydrogen) atoms. The fourth-order valence-corrected chi connectivity index (χ4v) is 1.45. The van der Waals surface area contributed by atoms with Crippen molar-refractivity contribution in [1.82, 2.24) is 4.98 Å². The van der Waals surface area contributed by atoms with E-state index in [9.17, 15) is 14.9 Å². The number of pyridine rings is 1. The molecule has 1 aromatic heterocycles. The maximum atomic E-state index is 11.1. The molecule has 0 spiro atoms. The molecule has 1 rings (SSSR count). The quantitative estimate of drug-likeness (QED) is 0.461. The molecule has 0 amide bonds. The summed E-state index contributed by atoms with van der Waals surface area (Å²) in [6.07, 6.45) is 1.42. The van der Waals surface area contributed by atoms with Crippen molar-refractivity contribution in [3.8, 4) is 0 Å². The molecule has 0 bridgehead atoms. The van der Waals surface area contributed by atoms with E-state index in [1.165, 1.54) is 19.4 Å². The second-order valence-corrected chi connectivity index (χ2v) is 3.51. The number of rotatable bonds is 4. The number of methoxy groups -OCH3 is 1. The number of hydrogen-bond acceptors (Lipinski definition) is 6. The van der Waals surface area contributed by atoms with Gasteiger partial charge < -0.3 is 10.5 Å². The summed E-state index contributed by atoms with van der Waals surface area (Å²) in [5.74, 6) is -0.623. The fourth-order valence-electron chi connectivity index (χ4n) is 1.45. The molecule has 0 aromatic carbocycles. The highest BCUT2D eigenvalue weighted by atomic mass is 16.6. The highest BCUT2D eigenvalue weighted by Crippen LogP contribution is 2.21. The van der Waals surface area contributed by atoms with E-state index in [1.54, 1.807) is 6.92 Å². The summed E-state index contributed by atoms with van der Waals surface area (Å²) in [6.45, 7) is 1.60. The standard InChI is InChI=1S/C10H13N3O4/c1-6-3-4-12-8(9(6)13(15)16)5-7(11)10(14)17-2/h3-4,7H,5,11H2,1-2H3/t7-/m1/s1. The lowest BCUT2D eigenvalue weighted by atomic mass is 10.1. The molecule has 0 fully saturated rings. The molecule has 1 heterocycles. The van der Waals surface area contributed by atoms with E-state index in [0.29, 0.717) is 5.56 Å². The van der Waals surface area contributed by atoms with Crippen molar-refractivity contribution in [2.24, 2.45) is 5.73 Å². The summed E-state index contributed by atoms with van der Waals surface area (Å²) in [6, 6.07) is 0.582. The number of nitro groups is 1. The van der Waals surface area contributed by atoms with Crippen molar-refractivity contribution in [3.05, 3.63) is 33.6 Å². The summed E-state index contributed by atoms with van der Waals surface area (Å²) in [5, 5.41) is 10.9. The van der Waals surface area contributed by atoms with Gasteiger partial charge in [0.15, 0.2) is 0 Å². The zero-order valence-electron chi connectivity index (χ0n) is 9.54. The van der Waals surface area contributed by atoms with Gasteiger partial charge in [0.2, 0.25) is 0 Å². The average molecular weight is 239 g/mol. The third-order valence-electron chi connectivity index (χ3n) is 2.30. The van der Waals surface area contributed by atoms with Crippen molar-refractivity contribution >= 4 is 11.7 Å². The van der Waals surface area contributed by atoms with Gasteiger partial charge in [0.05, 0.1) is 12.0 Å². The van der Waals surface area contributed by atoms with Gasteiger partial charge in [-0.2, -0.15) is 0 Å². The number of aromatic nitrogens is 1. The second kappa shape index (κ2) is 5.35. The van der Waals surface area contributed by atoms with Crippen molar-refractivity contribution in [2.75, 3.05) is 7.11 Å². The van der Waals surface area contributed by atoms with Gasteiger partial charge in [0, 0.05) is 18.2 Å². The summed E-state index contributed by atoms with van der Waals surface area (Å²) in [7, 11) is 1.21. The van der Waals surface area contributed by atoms with E-state index < -0.39 is 16.9 Å². The first-order chi connectivity index (χ1) is 7.97. The average Bonchev–Trinajstić information content (AvgIpc) is 2.27. The zero-order valence-corrected chi connectivity index (χ0v) is 9.54. The molecule has 1 atom stereocenters. The van der Waals surface area contributed by atoms with Crippen molar-refractivity contribution in [1.29, 1.82) is 0 Å². The van der Waals surface area contributed by atoms with Crippen LogP contribution in [0, 0.1) is 17.0 Å². The molecule has 0 aliphatic carbocycles. The molecule has 2 N–H and O–H groups in total. The van der Waals surface area contributed by atoms with Gasteiger partial charge in [-0.15, -0.1) is 0 Å². The highest BCUT2D eigenvalue weighted by Gasteiger charge is 2.23. The van der Waals surface area contributed by atoms with Crippen LogP contribution in [0.2, 0.25) is 0 Å². The van der Waals surface area contributed by atoms with Crippen molar-refractivity contribution in [3.63, 3.8) is 0 Å². The van der Waals surface area contributed by atoms with Crippen LogP contribution in [-0.2, 0) is 16.0 Å². The number of hydrogen-bond donors (Lipinski definition) is 1. The van der Waals surface area contributed by atoms with Gasteiger partial charge in [0.25, 0.3) is 5.69 Å². The molecule has 7 nitrogen and oxygen atoms in total. The fraction of sp³-hybridized carbons (Fsp3) is 0.400. The van der Waals surface area contributed by atoms with Gasteiger partial charge in [-0.25, -0.2) is 0 Å². The lowest BCUT2D eigenvalue weighted by Crippen LogP contribution is -2.34. The number of carbonyl (C=O) groups excluding carboxylic acids is 1. The Morgan fingerprint density at radius 1 is 1.71 bits per heavy atom. The lowest BCUT2D eigenvalue weighted by molar-refractivity contribution is -0.386. The number of nitrogens with zero attached hydrogens (tertiary/aromatic N) is 2. The molecule has 0 aliphatic rings. The topological polar surface area (TPSA) is 108 Å². The number of ether oxygens (including phenoxy) is 1. The van der Waals surface area contributed by atoms with Gasteiger partial charge in [-0.1, -0.05) is 0 Å². The molecule has 1 aromatic rings. The van der Waals surface area contributed by atoms with Crippen LogP contribution in [0.3, 0.4) is 0 Å². The molecule has 0 saturated heterocycles. The summed E-state index contributed by atoms with van der Waals surface area (Å²) < 4.78 is 4.45. The molecule has 92 valence electrons. The molecular formula is C10H13N3O4. The first kappa shape index (κ1) is 13.0. The minimum atomic E-state index is -0.951. The normalized spacial score (nSPS) is 11.9. The number of esters is 1. The van der Waals surface area contributed by atoms with E-state index in [2.05, 4.69) is 9.72 Å². The summed E-state index contributed by atoms with van der Waals surface area (Å²) in [5.41, 5.74) is 6.11. The van der Waals surface area contributed by atoms with Gasteiger partial charge in [0.1, 0.15) is 11.7 Å². The van der Waals surface area contributed by atoms with Crippen LogP contribution in [0.1, 0.15) is 11.3 Å². The molecule has 0 radical (unpaired) electrons. The van der Waals surface area contributed by atoms with E-state index in [0.717, 1.165) is 0 Å². The largest absolute Gasteiger partial charge is 0.468 e. The van der Waals surface area contributed by atoms with Crippen LogP contribution in [0.5, 0.6) is 0 Å². The molecule has 7 heteroatoms. The van der Waals surface area contributed by atoms with Gasteiger partial charge >= 0.3 is 5.97 Å². The lowest BCUT2D eigenvalue weighted by Gasteiger charge is -2.09. The van der Waals surface area contributed by atoms with E-state index in [1.807, 2.05) is 0 Å². The number of carbonyl (C=O) groups is 1. The molecule has 0 saturated carbocycles. The summed E-state index contributed by atoms with van der Waals surface area (Å²) in [4.78, 5) is 25.4. The predicted molar refractivity (Wildman–Crippen MR) is 59.3 cm³/mol. The van der Waals surface area contributed by atoms with Crippen molar-refractivity contribution < 1.29 is 14.5 Å². The third-order valence-corrected chi connectivity index (χ3v) is 2.30. The molecular weight excluding hydrogens is 226 g/mol. The summed E-state index contributed by atoms with van der Waals surface area (Å²) >= 11 is 0. The number of nitrogens with two attached hydrogens (primary N) is 1. The first-order valence-corrected chi connectivity index (χ1v) is 4.89. The van der Waals surface area contributed by atoms with E-state index in [4.69, 9.17) is 5.73 Å². The molecule has 0 aliphatic heterocycles. The number of aryl methyl sites for hydroxylation is 1. The Morgan fingerprint density at radius 3 is 2.88 bits per heavy atom. The Morgan fingerprint density at radius 2 is 2.35 bits per heavy atom. The monoisotopic (exact) mass is 239 g/mol. The van der Waals surface area contributed by atoms with Crippen LogP contribution in [0.25, 0.3) is 0 Å². The van der Waals surface area contributed by atoms with Crippen LogP contribution in [-0.4, -0.2) is 29.0 Å². The first-order valence-electron chi connectivity index (χ1n) is 4.89. The Hall–Kier alpha value is -2.02. The molecule has 0 unspecified atom stereocenters. The van der Waals surface area contributed by atoms with Crippen LogP contribution < -0.4 is 5.73 Å².